The van der Waals surface area contributed by atoms with Crippen molar-refractivity contribution in [3.63, 3.8) is 0 Å². The number of carbonyl (C=O) groups is 1. The standard InChI is InChI=1S/C15H11F2N5O/c1-2-11-8-5-7(6-19-14(8)22-21-11)20-15(23)12-9(16)3-4-10(18)13(12)17/h2-6H,1,18H2,(H,20,23)(H,19,21,22). The normalized spacial score (nSPS) is 10.7. The van der Waals surface area contributed by atoms with Crippen LogP contribution in [-0.2, 0) is 0 Å². The van der Waals surface area contributed by atoms with Gasteiger partial charge in [-0.1, -0.05) is 6.58 Å². The Kier molecular flexibility index (Phi) is 3.49. The number of H-pyrrole nitrogens is 1. The molecule has 0 fully saturated rings. The van der Waals surface area contributed by atoms with Crippen LogP contribution in [0.25, 0.3) is 17.1 Å². The molecule has 0 atom stereocenters. The van der Waals surface area contributed by atoms with Gasteiger partial charge in [0.05, 0.1) is 23.3 Å². The molecule has 0 aliphatic carbocycles. The molecule has 8 heteroatoms. The number of aromatic nitrogens is 3. The third-order valence-electron chi connectivity index (χ3n) is 3.25. The number of hydrogen-bond acceptors (Lipinski definition) is 4. The molecule has 23 heavy (non-hydrogen) atoms. The lowest BCUT2D eigenvalue weighted by molar-refractivity contribution is 0.101. The number of fused-ring (bicyclic) bond motifs is 1. The van der Waals surface area contributed by atoms with Crippen LogP contribution in [0.2, 0.25) is 0 Å². The Morgan fingerprint density at radius 2 is 2.17 bits per heavy atom. The summed E-state index contributed by atoms with van der Waals surface area (Å²) in [6.45, 7) is 3.61. The number of amides is 1. The van der Waals surface area contributed by atoms with Gasteiger partial charge in [-0.25, -0.2) is 13.8 Å². The molecule has 3 aromatic rings. The van der Waals surface area contributed by atoms with Crippen molar-refractivity contribution in [1.29, 1.82) is 0 Å². The maximum Gasteiger partial charge on any atom is 0.261 e. The number of nitrogens with zero attached hydrogens (tertiary/aromatic N) is 2. The molecule has 2 aromatic heterocycles. The summed E-state index contributed by atoms with van der Waals surface area (Å²) in [5.41, 5.74) is 5.60. The van der Waals surface area contributed by atoms with Crippen LogP contribution < -0.4 is 11.1 Å². The molecule has 0 unspecified atom stereocenters. The van der Waals surface area contributed by atoms with Crippen molar-refractivity contribution in [2.45, 2.75) is 0 Å². The van der Waals surface area contributed by atoms with Crippen LogP contribution in [0.5, 0.6) is 0 Å². The van der Waals surface area contributed by atoms with Crippen molar-refractivity contribution in [3.8, 4) is 0 Å². The molecule has 4 N–H and O–H groups in total. The van der Waals surface area contributed by atoms with E-state index in [4.69, 9.17) is 5.73 Å². The van der Waals surface area contributed by atoms with Crippen LogP contribution in [0.1, 0.15) is 16.1 Å². The number of nitrogens with two attached hydrogens (primary N) is 1. The summed E-state index contributed by atoms with van der Waals surface area (Å²) >= 11 is 0. The zero-order chi connectivity index (χ0) is 16.6. The average molecular weight is 315 g/mol. The molecule has 0 aliphatic rings. The second-order valence-corrected chi connectivity index (χ2v) is 4.71. The Morgan fingerprint density at radius 1 is 1.39 bits per heavy atom. The fraction of sp³-hybridized carbons (Fsp3) is 0. The van der Waals surface area contributed by atoms with E-state index in [0.29, 0.717) is 16.7 Å². The molecule has 3 rings (SSSR count). The predicted octanol–water partition coefficient (Wildman–Crippen LogP) is 2.71. The highest BCUT2D eigenvalue weighted by Crippen LogP contribution is 2.22. The van der Waals surface area contributed by atoms with E-state index in [0.717, 1.165) is 12.1 Å². The van der Waals surface area contributed by atoms with Gasteiger partial charge in [0.25, 0.3) is 5.91 Å². The molecule has 0 saturated heterocycles. The number of hydrogen-bond donors (Lipinski definition) is 3. The monoisotopic (exact) mass is 315 g/mol. The lowest BCUT2D eigenvalue weighted by Gasteiger charge is -2.08. The Morgan fingerprint density at radius 3 is 2.91 bits per heavy atom. The molecular weight excluding hydrogens is 304 g/mol. The van der Waals surface area contributed by atoms with Gasteiger partial charge >= 0.3 is 0 Å². The first kappa shape index (κ1) is 14.6. The molecule has 116 valence electrons. The summed E-state index contributed by atoms with van der Waals surface area (Å²) in [5.74, 6) is -3.07. The van der Waals surface area contributed by atoms with Crippen LogP contribution in [0.15, 0.2) is 31.0 Å². The highest BCUT2D eigenvalue weighted by atomic mass is 19.1. The van der Waals surface area contributed by atoms with Gasteiger partial charge in [0.1, 0.15) is 11.4 Å². The van der Waals surface area contributed by atoms with Crippen molar-refractivity contribution < 1.29 is 13.6 Å². The minimum Gasteiger partial charge on any atom is -0.396 e. The second kappa shape index (κ2) is 5.48. The van der Waals surface area contributed by atoms with Crippen molar-refractivity contribution in [2.24, 2.45) is 0 Å². The molecule has 1 amide bonds. The summed E-state index contributed by atoms with van der Waals surface area (Å²) in [6, 6.07) is 3.56. The summed E-state index contributed by atoms with van der Waals surface area (Å²) in [7, 11) is 0. The average Bonchev–Trinajstić information content (AvgIpc) is 2.93. The zero-order valence-electron chi connectivity index (χ0n) is 11.7. The molecule has 0 radical (unpaired) electrons. The topological polar surface area (TPSA) is 96.7 Å². The molecule has 1 aromatic carbocycles. The summed E-state index contributed by atoms with van der Waals surface area (Å²) in [6.07, 6.45) is 2.86. The van der Waals surface area contributed by atoms with Crippen LogP contribution in [0, 0.1) is 11.6 Å². The predicted molar refractivity (Wildman–Crippen MR) is 82.7 cm³/mol. The molecule has 0 saturated carbocycles. The van der Waals surface area contributed by atoms with E-state index in [-0.39, 0.29) is 11.4 Å². The highest BCUT2D eigenvalue weighted by Gasteiger charge is 2.20. The van der Waals surface area contributed by atoms with E-state index < -0.39 is 23.1 Å². The fourth-order valence-electron chi connectivity index (χ4n) is 2.12. The smallest absolute Gasteiger partial charge is 0.261 e. The lowest BCUT2D eigenvalue weighted by atomic mass is 10.1. The summed E-state index contributed by atoms with van der Waals surface area (Å²) < 4.78 is 27.6. The fourth-order valence-corrected chi connectivity index (χ4v) is 2.12. The van der Waals surface area contributed by atoms with Gasteiger partial charge in [0.2, 0.25) is 0 Å². The maximum absolute atomic E-state index is 13.9. The van der Waals surface area contributed by atoms with Crippen LogP contribution in [0.4, 0.5) is 20.2 Å². The summed E-state index contributed by atoms with van der Waals surface area (Å²) in [4.78, 5) is 16.2. The van der Waals surface area contributed by atoms with Gasteiger partial charge in [0, 0.05) is 5.39 Å². The van der Waals surface area contributed by atoms with E-state index >= 15 is 0 Å². The number of nitrogen functional groups attached to an aromatic ring is 1. The first-order chi connectivity index (χ1) is 11.0. The molecule has 6 nitrogen and oxygen atoms in total. The number of benzene rings is 1. The van der Waals surface area contributed by atoms with E-state index in [1.165, 1.54) is 12.3 Å². The van der Waals surface area contributed by atoms with Gasteiger partial charge in [-0.3, -0.25) is 9.89 Å². The Hall–Kier alpha value is -3.29. The Bertz CT molecular complexity index is 935. The molecule has 2 heterocycles. The minimum absolute atomic E-state index is 0.258. The lowest BCUT2D eigenvalue weighted by Crippen LogP contribution is -2.17. The van der Waals surface area contributed by atoms with Gasteiger partial charge < -0.3 is 11.1 Å². The van der Waals surface area contributed by atoms with Gasteiger partial charge in [-0.15, -0.1) is 0 Å². The molecule has 0 bridgehead atoms. The van der Waals surface area contributed by atoms with Gasteiger partial charge in [-0.05, 0) is 24.3 Å². The number of halogens is 2. The van der Waals surface area contributed by atoms with Crippen LogP contribution >= 0.6 is 0 Å². The first-order valence-electron chi connectivity index (χ1n) is 6.52. The van der Waals surface area contributed by atoms with Crippen molar-refractivity contribution in [3.05, 3.63) is 53.9 Å². The third kappa shape index (κ3) is 2.50. The largest absolute Gasteiger partial charge is 0.396 e. The van der Waals surface area contributed by atoms with Crippen LogP contribution in [-0.4, -0.2) is 21.1 Å². The van der Waals surface area contributed by atoms with Crippen LogP contribution in [0.3, 0.4) is 0 Å². The Labute approximate surface area is 129 Å². The number of pyridine rings is 1. The van der Waals surface area contributed by atoms with E-state index in [2.05, 4.69) is 27.1 Å². The minimum atomic E-state index is -1.10. The zero-order valence-corrected chi connectivity index (χ0v) is 11.7. The van der Waals surface area contributed by atoms with Gasteiger partial charge in [-0.2, -0.15) is 5.10 Å². The number of nitrogens with one attached hydrogen (secondary N) is 2. The maximum atomic E-state index is 13.9. The summed E-state index contributed by atoms with van der Waals surface area (Å²) in [5, 5.41) is 9.68. The molecular formula is C15H11F2N5O. The van der Waals surface area contributed by atoms with Crippen molar-refractivity contribution in [2.75, 3.05) is 11.1 Å². The van der Waals surface area contributed by atoms with E-state index in [1.54, 1.807) is 6.07 Å². The number of anilines is 2. The van der Waals surface area contributed by atoms with Gasteiger partial charge in [0.15, 0.2) is 11.5 Å². The molecule has 0 aliphatic heterocycles. The van der Waals surface area contributed by atoms with Crippen molar-refractivity contribution >= 4 is 34.4 Å². The number of aromatic amines is 1. The first-order valence-corrected chi connectivity index (χ1v) is 6.52. The molecule has 0 spiro atoms. The number of carbonyl (C=O) groups excluding carboxylic acids is 1. The highest BCUT2D eigenvalue weighted by molar-refractivity contribution is 6.06. The third-order valence-corrected chi connectivity index (χ3v) is 3.25. The number of rotatable bonds is 3. The second-order valence-electron chi connectivity index (χ2n) is 4.71. The van der Waals surface area contributed by atoms with Crippen molar-refractivity contribution in [1.82, 2.24) is 15.2 Å². The Balaban J connectivity index is 1.97. The van der Waals surface area contributed by atoms with E-state index in [1.807, 2.05) is 0 Å². The van der Waals surface area contributed by atoms with E-state index in [9.17, 15) is 13.6 Å². The quantitative estimate of drug-likeness (QED) is 0.647. The SMILES string of the molecule is C=Cc1n[nH]c2ncc(NC(=O)c3c(F)ccc(N)c3F)cc12.